The second kappa shape index (κ2) is 24.6. The fourth-order valence-electron chi connectivity index (χ4n) is 9.79. The van der Waals surface area contributed by atoms with E-state index in [4.69, 9.17) is 65.4 Å². The first-order chi connectivity index (χ1) is 39.1. The number of aryl methyl sites for hydroxylation is 2. The van der Waals surface area contributed by atoms with Gasteiger partial charge in [-0.15, -0.1) is 0 Å². The van der Waals surface area contributed by atoms with Crippen LogP contribution in [0.4, 0.5) is 0 Å². The number of halogens is 1. The first-order valence-corrected chi connectivity index (χ1v) is 28.6. The molecular weight excluding hydrogens is 1100 g/mol. The van der Waals surface area contributed by atoms with Crippen LogP contribution in [-0.4, -0.2) is 86.5 Å². The molecule has 81 heavy (non-hydrogen) atoms. The standard InChI is InChI=1S/C58H56ClN6O14PS/c1-36-30-64(56(69)61-53(36)66)51-28-47(77-55(68)39-12-6-5-7-13-39)50(76-51)34-74-80(81,78-46-16-9-8-15-45(46)59)79-48-29-52(65-31-37(2)54(67)62-57(65)70)75-49(48)33-73-58(40-17-21-43(71-3)22-18-40,41-19-23-44(72-4)24-20-41)42-14-10-11-38(27-42)32-63-26-25-60-35-63/h5-27,30-31,35,47-52H,28-29,32-34H2,1-4H3,(H,61,66,69)(H,62,67,70)/t47-,48-,49+,50+,51+,52+,80-/m0/s1. The Morgan fingerprint density at radius 2 is 1.31 bits per heavy atom. The summed E-state index contributed by atoms with van der Waals surface area (Å²) >= 11 is 13.1. The largest absolute Gasteiger partial charge is 0.497 e. The number of imidazole rings is 1. The molecule has 7 atom stereocenters. The lowest BCUT2D eigenvalue weighted by Gasteiger charge is -2.38. The molecule has 8 aromatic rings. The second-order valence-corrected chi connectivity index (χ2v) is 22.6. The van der Waals surface area contributed by atoms with Gasteiger partial charge in [0.2, 0.25) is 0 Å². The number of para-hydroxylation sites is 1. The second-order valence-electron chi connectivity index (χ2n) is 19.3. The predicted molar refractivity (Wildman–Crippen MR) is 302 cm³/mol. The molecule has 0 radical (unpaired) electrons. The molecule has 0 saturated carbocycles. The lowest BCUT2D eigenvalue weighted by Crippen LogP contribution is -2.39. The average molecular weight is 1160 g/mol. The zero-order chi connectivity index (χ0) is 56.8. The molecule has 0 aliphatic carbocycles. The van der Waals surface area contributed by atoms with Gasteiger partial charge in [0.15, 0.2) is 0 Å². The van der Waals surface area contributed by atoms with Crippen molar-refractivity contribution < 1.29 is 46.8 Å². The van der Waals surface area contributed by atoms with Crippen molar-refractivity contribution in [2.75, 3.05) is 27.4 Å². The normalized spacial score (nSPS) is 19.7. The van der Waals surface area contributed by atoms with E-state index in [1.165, 1.54) is 21.5 Å². The molecule has 2 saturated heterocycles. The van der Waals surface area contributed by atoms with E-state index in [-0.39, 0.29) is 46.9 Å². The van der Waals surface area contributed by atoms with Gasteiger partial charge in [0.25, 0.3) is 11.1 Å². The van der Waals surface area contributed by atoms with E-state index in [0.29, 0.717) is 29.2 Å². The van der Waals surface area contributed by atoms with Crippen molar-refractivity contribution >= 4 is 36.1 Å². The minimum absolute atomic E-state index is 0.0331. The minimum atomic E-state index is -4.18. The number of carbonyl (C=O) groups excluding carboxylic acids is 1. The van der Waals surface area contributed by atoms with Crippen LogP contribution in [0.25, 0.3) is 0 Å². The van der Waals surface area contributed by atoms with Crippen LogP contribution in [-0.2, 0) is 51.9 Å². The molecule has 2 fully saturated rings. The number of aromatic amines is 2. The predicted octanol–water partition coefficient (Wildman–Crippen LogP) is 8.13. The zero-order valence-corrected chi connectivity index (χ0v) is 46.7. The number of H-pyrrole nitrogens is 2. The Kier molecular flexibility index (Phi) is 17.1. The molecule has 2 aliphatic rings. The summed E-state index contributed by atoms with van der Waals surface area (Å²) in [4.78, 5) is 74.6. The van der Waals surface area contributed by atoms with Crippen molar-refractivity contribution in [2.45, 2.75) is 75.7 Å². The highest BCUT2D eigenvalue weighted by molar-refractivity contribution is 8.07. The number of nitrogens with zero attached hydrogens (tertiary/aromatic N) is 4. The van der Waals surface area contributed by atoms with E-state index in [9.17, 15) is 24.0 Å². The number of esters is 1. The number of methoxy groups -OCH3 is 2. The van der Waals surface area contributed by atoms with Gasteiger partial charge in [-0.05, 0) is 84.6 Å². The molecule has 0 bridgehead atoms. The molecule has 0 spiro atoms. The molecule has 0 unspecified atom stereocenters. The van der Waals surface area contributed by atoms with E-state index < -0.39 is 84.3 Å². The van der Waals surface area contributed by atoms with E-state index in [1.807, 2.05) is 77.5 Å². The SMILES string of the molecule is COc1ccc(C(OC[C@H]2O[C@@H](n3cc(C)c(=O)[nH]c3=O)C[C@@H]2O[P@](=S)(OC[C@H]2O[C@@H](n3cc(C)c(=O)[nH]c3=O)C[C@@H]2OC(=O)c2ccccc2)Oc2ccccc2Cl)(c2ccc(OC)cc2)c2cccc(Cn3ccnc3)c2)cc1. The molecule has 5 aromatic carbocycles. The molecule has 2 aliphatic heterocycles. The molecular formula is C58H56ClN6O14PS. The topological polar surface area (TPSA) is 228 Å². The van der Waals surface area contributed by atoms with Gasteiger partial charge in [-0.1, -0.05) is 90.5 Å². The quantitative estimate of drug-likeness (QED) is 0.0393. The fourth-order valence-corrected chi connectivity index (χ4v) is 12.2. The van der Waals surface area contributed by atoms with Crippen molar-refractivity contribution in [3.05, 3.63) is 244 Å². The number of hydrogen-bond donors (Lipinski definition) is 2. The first-order valence-electron chi connectivity index (χ1n) is 25.7. The summed E-state index contributed by atoms with van der Waals surface area (Å²) in [6.07, 6.45) is 1.61. The molecule has 3 aromatic heterocycles. The average Bonchev–Trinajstić information content (AvgIpc) is 4.29. The molecule has 5 heterocycles. The minimum Gasteiger partial charge on any atom is -0.497 e. The van der Waals surface area contributed by atoms with Gasteiger partial charge in [0, 0.05) is 67.1 Å². The summed E-state index contributed by atoms with van der Waals surface area (Å²) in [5.74, 6) is 0.659. The third-order valence-corrected chi connectivity index (χ3v) is 16.5. The Morgan fingerprint density at radius 3 is 1.89 bits per heavy atom. The summed E-state index contributed by atoms with van der Waals surface area (Å²) in [5, 5.41) is 0.174. The number of carbonyl (C=O) groups is 1. The third kappa shape index (κ3) is 12.6. The summed E-state index contributed by atoms with van der Waals surface area (Å²) in [6.45, 7) is -1.24. The molecule has 2 N–H and O–H groups in total. The molecule has 20 nitrogen and oxygen atoms in total. The van der Waals surface area contributed by atoms with Crippen LogP contribution < -0.4 is 36.5 Å². The Bertz CT molecular complexity index is 3760. The third-order valence-electron chi connectivity index (χ3n) is 14.0. The fraction of sp³-hybridized carbons (Fsp3) is 0.276. The maximum atomic E-state index is 13.7. The van der Waals surface area contributed by atoms with Crippen molar-refractivity contribution in [1.82, 2.24) is 28.7 Å². The maximum Gasteiger partial charge on any atom is 0.381 e. The smallest absolute Gasteiger partial charge is 0.381 e. The Hall–Kier alpha value is -7.72. The number of rotatable bonds is 21. The van der Waals surface area contributed by atoms with Gasteiger partial charge < -0.3 is 37.5 Å². The summed E-state index contributed by atoms with van der Waals surface area (Å²) in [6, 6.07) is 37.9. The molecule has 23 heteroatoms. The van der Waals surface area contributed by atoms with Crippen molar-refractivity contribution in [3.63, 3.8) is 0 Å². The first kappa shape index (κ1) is 56.6. The monoisotopic (exact) mass is 1160 g/mol. The van der Waals surface area contributed by atoms with Crippen LogP contribution in [0, 0.1) is 13.8 Å². The zero-order valence-electron chi connectivity index (χ0n) is 44.2. The molecule has 420 valence electrons. The van der Waals surface area contributed by atoms with Gasteiger partial charge in [-0.25, -0.2) is 19.4 Å². The Labute approximate surface area is 473 Å². The van der Waals surface area contributed by atoms with Crippen LogP contribution in [0.1, 0.15) is 69.0 Å². The van der Waals surface area contributed by atoms with Crippen LogP contribution in [0.5, 0.6) is 17.2 Å². The van der Waals surface area contributed by atoms with Gasteiger partial charge in [-0.3, -0.25) is 37.7 Å². The van der Waals surface area contributed by atoms with Gasteiger partial charge in [0.05, 0.1) is 44.3 Å². The van der Waals surface area contributed by atoms with Gasteiger partial charge >= 0.3 is 24.1 Å². The van der Waals surface area contributed by atoms with Crippen LogP contribution in [0.3, 0.4) is 0 Å². The van der Waals surface area contributed by atoms with Crippen molar-refractivity contribution in [3.8, 4) is 17.2 Å². The lowest BCUT2D eigenvalue weighted by atomic mass is 9.79. The Balaban J connectivity index is 1.04. The number of nitrogens with one attached hydrogen (secondary N) is 2. The number of benzene rings is 5. The van der Waals surface area contributed by atoms with Crippen molar-refractivity contribution in [2.24, 2.45) is 0 Å². The van der Waals surface area contributed by atoms with Crippen LogP contribution >= 0.6 is 18.3 Å². The summed E-state index contributed by atoms with van der Waals surface area (Å²) in [5.41, 5.74) is -0.169. The van der Waals surface area contributed by atoms with E-state index >= 15 is 0 Å². The molecule has 0 amide bonds. The number of hydrogen-bond acceptors (Lipinski definition) is 16. The highest BCUT2D eigenvalue weighted by Gasteiger charge is 2.47. The van der Waals surface area contributed by atoms with E-state index in [1.54, 1.807) is 95.2 Å². The maximum absolute atomic E-state index is 13.7. The van der Waals surface area contributed by atoms with Gasteiger partial charge in [0.1, 0.15) is 59.7 Å². The number of ether oxygens (including phenoxy) is 6. The summed E-state index contributed by atoms with van der Waals surface area (Å²) < 4.78 is 62.6. The van der Waals surface area contributed by atoms with Crippen LogP contribution in [0.2, 0.25) is 5.02 Å². The highest BCUT2D eigenvalue weighted by atomic mass is 35.5. The number of aromatic nitrogens is 6. The van der Waals surface area contributed by atoms with Crippen molar-refractivity contribution in [1.29, 1.82) is 0 Å². The van der Waals surface area contributed by atoms with Gasteiger partial charge in [-0.2, -0.15) is 0 Å². The van der Waals surface area contributed by atoms with E-state index in [0.717, 1.165) is 11.1 Å². The van der Waals surface area contributed by atoms with E-state index in [2.05, 4.69) is 21.0 Å². The summed E-state index contributed by atoms with van der Waals surface area (Å²) in [7, 11) is 3.17. The lowest BCUT2D eigenvalue weighted by molar-refractivity contribution is -0.0935. The highest BCUT2D eigenvalue weighted by Crippen LogP contribution is 2.55. The molecule has 10 rings (SSSR count). The Morgan fingerprint density at radius 1 is 0.728 bits per heavy atom. The van der Waals surface area contributed by atoms with Crippen LogP contribution in [0.15, 0.2) is 178 Å².